The monoisotopic (exact) mass is 214 g/mol. The Balaban J connectivity index is 2.23. The maximum Gasteiger partial charge on any atom is 0.237 e. The third-order valence-electron chi connectivity index (χ3n) is 2.90. The molecule has 0 aliphatic heterocycles. The van der Waals surface area contributed by atoms with E-state index in [1.807, 2.05) is 20.8 Å². The van der Waals surface area contributed by atoms with Gasteiger partial charge in [0.2, 0.25) is 5.91 Å². The van der Waals surface area contributed by atoms with Crippen molar-refractivity contribution < 1.29 is 9.90 Å². The Morgan fingerprint density at radius 1 is 1.40 bits per heavy atom. The highest BCUT2D eigenvalue weighted by Crippen LogP contribution is 2.44. The fourth-order valence-corrected chi connectivity index (χ4v) is 1.44. The second-order valence-electron chi connectivity index (χ2n) is 4.92. The summed E-state index contributed by atoms with van der Waals surface area (Å²) < 4.78 is 0. The second-order valence-corrected chi connectivity index (χ2v) is 4.92. The van der Waals surface area contributed by atoms with Gasteiger partial charge in [0.25, 0.3) is 0 Å². The summed E-state index contributed by atoms with van der Waals surface area (Å²) in [6.07, 6.45) is 2.13. The van der Waals surface area contributed by atoms with Crippen molar-refractivity contribution in [2.24, 2.45) is 5.41 Å². The highest BCUT2D eigenvalue weighted by atomic mass is 16.3. The van der Waals surface area contributed by atoms with Crippen molar-refractivity contribution >= 4 is 5.91 Å². The summed E-state index contributed by atoms with van der Waals surface area (Å²) >= 11 is 0. The molecular formula is C11H22N2O2. The van der Waals surface area contributed by atoms with Crippen molar-refractivity contribution in [1.82, 2.24) is 10.6 Å². The first-order valence-electron chi connectivity index (χ1n) is 5.64. The van der Waals surface area contributed by atoms with E-state index in [4.69, 9.17) is 5.11 Å². The zero-order chi connectivity index (χ0) is 11.5. The minimum absolute atomic E-state index is 0.0266. The molecule has 1 aliphatic carbocycles. The number of carbonyl (C=O) groups is 1. The molecule has 1 aliphatic rings. The van der Waals surface area contributed by atoms with Crippen LogP contribution in [0.4, 0.5) is 0 Å². The zero-order valence-electron chi connectivity index (χ0n) is 9.84. The predicted octanol–water partition coefficient (Wildman–Crippen LogP) is 0.262. The van der Waals surface area contributed by atoms with E-state index < -0.39 is 0 Å². The predicted molar refractivity (Wildman–Crippen MR) is 59.5 cm³/mol. The Morgan fingerprint density at radius 2 is 2.00 bits per heavy atom. The third kappa shape index (κ3) is 3.80. The van der Waals surface area contributed by atoms with E-state index in [0.29, 0.717) is 0 Å². The Kier molecular flexibility index (Phi) is 4.11. The average Bonchev–Trinajstić information content (AvgIpc) is 2.94. The summed E-state index contributed by atoms with van der Waals surface area (Å²) in [5.41, 5.74) is 0.0619. The number of amides is 1. The molecule has 1 saturated carbocycles. The Morgan fingerprint density at radius 3 is 2.40 bits per heavy atom. The van der Waals surface area contributed by atoms with Gasteiger partial charge in [-0.15, -0.1) is 0 Å². The standard InChI is InChI=1S/C11H22N2O2/c1-8(2)13-10(15)9(3)12-6-11(7-14)4-5-11/h8-9,12,14H,4-7H2,1-3H3,(H,13,15). The quantitative estimate of drug-likeness (QED) is 0.594. The second kappa shape index (κ2) is 4.94. The lowest BCUT2D eigenvalue weighted by molar-refractivity contribution is -0.123. The van der Waals surface area contributed by atoms with Crippen LogP contribution < -0.4 is 10.6 Å². The van der Waals surface area contributed by atoms with E-state index in [1.165, 1.54) is 0 Å². The summed E-state index contributed by atoms with van der Waals surface area (Å²) in [5.74, 6) is 0.0266. The van der Waals surface area contributed by atoms with Gasteiger partial charge in [-0.3, -0.25) is 4.79 Å². The molecule has 3 N–H and O–H groups in total. The van der Waals surface area contributed by atoms with Crippen LogP contribution in [0.2, 0.25) is 0 Å². The zero-order valence-corrected chi connectivity index (χ0v) is 9.84. The summed E-state index contributed by atoms with van der Waals surface area (Å²) in [6, 6.07) is -0.00842. The van der Waals surface area contributed by atoms with Crippen LogP contribution in [-0.2, 0) is 4.79 Å². The molecule has 4 nitrogen and oxygen atoms in total. The summed E-state index contributed by atoms with van der Waals surface area (Å²) in [7, 11) is 0. The number of carbonyl (C=O) groups excluding carboxylic acids is 1. The number of rotatable bonds is 6. The molecule has 1 amide bonds. The van der Waals surface area contributed by atoms with Gasteiger partial charge in [0.05, 0.1) is 6.04 Å². The Hall–Kier alpha value is -0.610. The van der Waals surface area contributed by atoms with Gasteiger partial charge >= 0.3 is 0 Å². The van der Waals surface area contributed by atoms with Gasteiger partial charge in [0.15, 0.2) is 0 Å². The van der Waals surface area contributed by atoms with Crippen molar-refractivity contribution in [3.05, 3.63) is 0 Å². The number of nitrogens with one attached hydrogen (secondary N) is 2. The molecule has 0 aromatic carbocycles. The number of hydrogen-bond acceptors (Lipinski definition) is 3. The molecule has 15 heavy (non-hydrogen) atoms. The molecule has 0 heterocycles. The maximum absolute atomic E-state index is 11.5. The maximum atomic E-state index is 11.5. The Labute approximate surface area is 91.4 Å². The van der Waals surface area contributed by atoms with E-state index >= 15 is 0 Å². The first-order chi connectivity index (χ1) is 6.99. The van der Waals surface area contributed by atoms with Crippen LogP contribution in [0.1, 0.15) is 33.6 Å². The molecule has 88 valence electrons. The molecule has 0 aromatic heterocycles. The largest absolute Gasteiger partial charge is 0.396 e. The molecule has 0 saturated heterocycles. The summed E-state index contributed by atoms with van der Waals surface area (Å²) in [5, 5.41) is 15.1. The number of aliphatic hydroxyl groups is 1. The minimum atomic E-state index is -0.184. The van der Waals surface area contributed by atoms with Gasteiger partial charge in [-0.25, -0.2) is 0 Å². The lowest BCUT2D eigenvalue weighted by Gasteiger charge is -2.19. The first kappa shape index (κ1) is 12.5. The first-order valence-corrected chi connectivity index (χ1v) is 5.64. The molecule has 0 spiro atoms. The van der Waals surface area contributed by atoms with Crippen LogP contribution in [0.25, 0.3) is 0 Å². The molecule has 1 rings (SSSR count). The lowest BCUT2D eigenvalue weighted by Crippen LogP contribution is -2.46. The van der Waals surface area contributed by atoms with Gasteiger partial charge in [-0.2, -0.15) is 0 Å². The van der Waals surface area contributed by atoms with Crippen LogP contribution in [0.5, 0.6) is 0 Å². The van der Waals surface area contributed by atoms with E-state index in [-0.39, 0.29) is 30.0 Å². The molecule has 4 heteroatoms. The summed E-state index contributed by atoms with van der Waals surface area (Å²) in [4.78, 5) is 11.5. The lowest BCUT2D eigenvalue weighted by atomic mass is 10.1. The van der Waals surface area contributed by atoms with Crippen LogP contribution in [0.15, 0.2) is 0 Å². The van der Waals surface area contributed by atoms with Crippen LogP contribution in [-0.4, -0.2) is 36.2 Å². The number of aliphatic hydroxyl groups excluding tert-OH is 1. The van der Waals surface area contributed by atoms with E-state index in [1.54, 1.807) is 0 Å². The average molecular weight is 214 g/mol. The van der Waals surface area contributed by atoms with Gasteiger partial charge in [0.1, 0.15) is 0 Å². The van der Waals surface area contributed by atoms with Crippen molar-refractivity contribution in [2.45, 2.75) is 45.7 Å². The SMILES string of the molecule is CC(C)NC(=O)C(C)NCC1(CO)CC1. The normalized spacial score (nSPS) is 20.1. The molecule has 0 radical (unpaired) electrons. The van der Waals surface area contributed by atoms with Gasteiger partial charge in [-0.1, -0.05) is 0 Å². The van der Waals surface area contributed by atoms with Crippen LogP contribution in [0, 0.1) is 5.41 Å². The van der Waals surface area contributed by atoms with Gasteiger partial charge in [-0.05, 0) is 33.6 Å². The molecule has 1 fully saturated rings. The molecular weight excluding hydrogens is 192 g/mol. The van der Waals surface area contributed by atoms with Crippen LogP contribution in [0.3, 0.4) is 0 Å². The van der Waals surface area contributed by atoms with E-state index in [2.05, 4.69) is 10.6 Å². The molecule has 0 aromatic rings. The summed E-state index contributed by atoms with van der Waals surface area (Å²) in [6.45, 7) is 6.70. The highest BCUT2D eigenvalue weighted by molar-refractivity contribution is 5.81. The van der Waals surface area contributed by atoms with Crippen LogP contribution >= 0.6 is 0 Å². The van der Waals surface area contributed by atoms with E-state index in [9.17, 15) is 4.79 Å². The minimum Gasteiger partial charge on any atom is -0.396 e. The van der Waals surface area contributed by atoms with Crippen molar-refractivity contribution in [3.63, 3.8) is 0 Å². The van der Waals surface area contributed by atoms with Crippen molar-refractivity contribution in [2.75, 3.05) is 13.2 Å². The smallest absolute Gasteiger partial charge is 0.237 e. The van der Waals surface area contributed by atoms with Crippen molar-refractivity contribution in [3.8, 4) is 0 Å². The Bertz CT molecular complexity index is 225. The number of hydrogen-bond donors (Lipinski definition) is 3. The fourth-order valence-electron chi connectivity index (χ4n) is 1.44. The molecule has 1 unspecified atom stereocenters. The van der Waals surface area contributed by atoms with Crippen molar-refractivity contribution in [1.29, 1.82) is 0 Å². The van der Waals surface area contributed by atoms with E-state index in [0.717, 1.165) is 19.4 Å². The highest BCUT2D eigenvalue weighted by Gasteiger charge is 2.41. The topological polar surface area (TPSA) is 61.4 Å². The van der Waals surface area contributed by atoms with Gasteiger partial charge in [0, 0.05) is 24.6 Å². The molecule has 0 bridgehead atoms. The fraction of sp³-hybridized carbons (Fsp3) is 0.909. The third-order valence-corrected chi connectivity index (χ3v) is 2.90. The molecule has 1 atom stereocenters. The van der Waals surface area contributed by atoms with Gasteiger partial charge < -0.3 is 15.7 Å².